The Kier molecular flexibility index (Phi) is 10.1. The van der Waals surface area contributed by atoms with Crippen LogP contribution in [-0.4, -0.2) is 23.2 Å². The lowest BCUT2D eigenvalue weighted by Crippen LogP contribution is -3.00. The van der Waals surface area contributed by atoms with Gasteiger partial charge in [0.05, 0.1) is 18.3 Å². The number of carbonyl (C=O) groups excluding carboxylic acids is 1. The molecule has 0 aliphatic heterocycles. The fraction of sp³-hybridized carbons (Fsp3) is 0.448. The van der Waals surface area contributed by atoms with Crippen molar-refractivity contribution in [2.45, 2.75) is 52.7 Å². The normalized spacial score (nSPS) is 18.8. The number of azide groups is 1. The zero-order chi connectivity index (χ0) is 26.5. The van der Waals surface area contributed by atoms with Gasteiger partial charge in [0, 0.05) is 4.91 Å². The molecule has 4 rings (SSSR count). The summed E-state index contributed by atoms with van der Waals surface area (Å²) < 4.78 is 15.7. The van der Waals surface area contributed by atoms with Crippen LogP contribution in [0, 0.1) is 30.1 Å². The van der Waals surface area contributed by atoms with E-state index in [0.717, 1.165) is 35.3 Å². The van der Waals surface area contributed by atoms with Gasteiger partial charge in [-0.15, -0.1) is 6.42 Å². The van der Waals surface area contributed by atoms with Crippen LogP contribution in [0.25, 0.3) is 32.9 Å². The number of para-hydroxylation sites is 2. The molecule has 0 saturated heterocycles. The molecule has 9 heteroatoms. The highest BCUT2D eigenvalue weighted by molar-refractivity contribution is 5.80. The SMILES string of the molecule is C#CCOc1ccc(-c2n(CC(=O)O[C@@H]3C[C@H](C)CC[C@H]3C(C)C)c3ccccc3[n+]2C)cc1N=[N+]=[N-].[I-]. The highest BCUT2D eigenvalue weighted by Crippen LogP contribution is 2.36. The largest absolute Gasteiger partial charge is 1.00 e. The third kappa shape index (κ3) is 6.25. The molecule has 38 heavy (non-hydrogen) atoms. The summed E-state index contributed by atoms with van der Waals surface area (Å²) in [5, 5.41) is 3.81. The molecule has 3 aromatic rings. The molecule has 3 atom stereocenters. The molecule has 200 valence electrons. The second-order valence-electron chi connectivity index (χ2n) is 10.2. The summed E-state index contributed by atoms with van der Waals surface area (Å²) in [6.45, 7) is 6.77. The minimum Gasteiger partial charge on any atom is -1.00 e. The van der Waals surface area contributed by atoms with E-state index < -0.39 is 0 Å². The van der Waals surface area contributed by atoms with Gasteiger partial charge in [0.25, 0.3) is 5.82 Å². The summed E-state index contributed by atoms with van der Waals surface area (Å²) in [6.07, 6.45) is 8.41. The van der Waals surface area contributed by atoms with Gasteiger partial charge in [0.2, 0.25) is 0 Å². The molecule has 0 unspecified atom stereocenters. The number of esters is 1. The van der Waals surface area contributed by atoms with Crippen molar-refractivity contribution in [2.75, 3.05) is 6.61 Å². The summed E-state index contributed by atoms with van der Waals surface area (Å²) >= 11 is 0. The van der Waals surface area contributed by atoms with Gasteiger partial charge in [-0.2, -0.15) is 0 Å². The molecular formula is C29H34IN5O3. The van der Waals surface area contributed by atoms with Gasteiger partial charge in [0.1, 0.15) is 18.5 Å². The number of fused-ring (bicyclic) bond motifs is 1. The van der Waals surface area contributed by atoms with Crippen molar-refractivity contribution in [3.05, 3.63) is 52.9 Å². The predicted molar refractivity (Wildman–Crippen MR) is 143 cm³/mol. The molecule has 1 aliphatic carbocycles. The van der Waals surface area contributed by atoms with Gasteiger partial charge < -0.3 is 33.5 Å². The number of hydrogen-bond acceptors (Lipinski definition) is 4. The first kappa shape index (κ1) is 29.3. The smallest absolute Gasteiger partial charge is 0.348 e. The van der Waals surface area contributed by atoms with Crippen LogP contribution in [0.5, 0.6) is 5.75 Å². The molecule has 0 amide bonds. The Bertz CT molecular complexity index is 1390. The number of nitrogens with zero attached hydrogens (tertiary/aromatic N) is 5. The molecule has 2 aromatic carbocycles. The van der Waals surface area contributed by atoms with Crippen molar-refractivity contribution in [3.8, 4) is 29.5 Å². The average molecular weight is 628 g/mol. The van der Waals surface area contributed by atoms with E-state index in [1.807, 2.05) is 46.5 Å². The Hall–Kier alpha value is -3.22. The maximum Gasteiger partial charge on any atom is 0.348 e. The van der Waals surface area contributed by atoms with E-state index in [-0.39, 0.29) is 49.2 Å². The number of ether oxygens (including phenoxy) is 2. The van der Waals surface area contributed by atoms with Crippen LogP contribution >= 0.6 is 0 Å². The van der Waals surface area contributed by atoms with Crippen molar-refractivity contribution in [3.63, 3.8) is 0 Å². The monoisotopic (exact) mass is 627 g/mol. The zero-order valence-electron chi connectivity index (χ0n) is 22.3. The zero-order valence-corrected chi connectivity index (χ0v) is 24.5. The number of hydrogen-bond donors (Lipinski definition) is 0. The topological polar surface area (TPSA) is 93.1 Å². The molecule has 1 saturated carbocycles. The van der Waals surface area contributed by atoms with Gasteiger partial charge in [-0.1, -0.05) is 50.4 Å². The molecule has 0 bridgehead atoms. The van der Waals surface area contributed by atoms with Crippen LogP contribution in [-0.2, 0) is 23.1 Å². The third-order valence-electron chi connectivity index (χ3n) is 7.32. The fourth-order valence-corrected chi connectivity index (χ4v) is 5.50. The van der Waals surface area contributed by atoms with Gasteiger partial charge in [-0.3, -0.25) is 0 Å². The van der Waals surface area contributed by atoms with Crippen molar-refractivity contribution in [2.24, 2.45) is 29.9 Å². The van der Waals surface area contributed by atoms with Crippen LogP contribution in [0.1, 0.15) is 40.0 Å². The van der Waals surface area contributed by atoms with Crippen molar-refractivity contribution >= 4 is 22.7 Å². The van der Waals surface area contributed by atoms with Crippen molar-refractivity contribution < 1.29 is 42.8 Å². The van der Waals surface area contributed by atoms with E-state index in [1.165, 1.54) is 6.42 Å². The third-order valence-corrected chi connectivity index (χ3v) is 7.32. The van der Waals surface area contributed by atoms with Gasteiger partial charge in [0.15, 0.2) is 17.6 Å². The van der Waals surface area contributed by atoms with E-state index in [0.29, 0.717) is 29.2 Å². The van der Waals surface area contributed by atoms with E-state index in [1.54, 1.807) is 12.1 Å². The standard InChI is InChI=1S/C29H34N5O3.HI/c1-6-15-36-26-14-12-21(17-23(26)31-32-30)29-33(5)24-9-7-8-10-25(24)34(29)18-28(35)37-27-16-20(4)11-13-22(27)19(2)3;/h1,7-10,12,14,17,19-20,22,27H,11,13,15-16,18H2,2-5H3;1H/q+1;/p-1/t20-,22+,27-;/m1./s1. The van der Waals surface area contributed by atoms with Crippen molar-refractivity contribution in [1.29, 1.82) is 0 Å². The first-order valence-electron chi connectivity index (χ1n) is 12.8. The lowest BCUT2D eigenvalue weighted by atomic mass is 9.75. The van der Waals surface area contributed by atoms with Gasteiger partial charge >= 0.3 is 5.97 Å². The molecular weight excluding hydrogens is 593 g/mol. The summed E-state index contributed by atoms with van der Waals surface area (Å²) in [7, 11) is 1.95. The number of terminal acetylenes is 1. The van der Waals surface area contributed by atoms with Crippen molar-refractivity contribution in [1.82, 2.24) is 4.57 Å². The first-order valence-corrected chi connectivity index (χ1v) is 12.8. The number of aryl methyl sites for hydroxylation is 1. The van der Waals surface area contributed by atoms with Crippen LogP contribution in [0.4, 0.5) is 5.69 Å². The Labute approximate surface area is 241 Å². The Balaban J connectivity index is 0.00000400. The highest BCUT2D eigenvalue weighted by Gasteiger charge is 2.34. The molecule has 1 aromatic heterocycles. The van der Waals surface area contributed by atoms with Crippen LogP contribution in [0.2, 0.25) is 0 Å². The highest BCUT2D eigenvalue weighted by atomic mass is 127. The molecule has 1 heterocycles. The maximum absolute atomic E-state index is 13.4. The second kappa shape index (κ2) is 13.0. The molecule has 0 radical (unpaired) electrons. The summed E-state index contributed by atoms with van der Waals surface area (Å²) in [5.74, 6) is 4.73. The molecule has 8 nitrogen and oxygen atoms in total. The average Bonchev–Trinajstić information content (AvgIpc) is 3.14. The summed E-state index contributed by atoms with van der Waals surface area (Å²) in [4.78, 5) is 16.3. The number of benzene rings is 2. The van der Waals surface area contributed by atoms with Crippen LogP contribution in [0.15, 0.2) is 47.6 Å². The number of carbonyl (C=O) groups is 1. The van der Waals surface area contributed by atoms with E-state index in [2.05, 4.69) is 36.7 Å². The van der Waals surface area contributed by atoms with E-state index >= 15 is 0 Å². The summed E-state index contributed by atoms with van der Waals surface area (Å²) in [6, 6.07) is 13.3. The first-order chi connectivity index (χ1) is 17.8. The van der Waals surface area contributed by atoms with Crippen LogP contribution in [0.3, 0.4) is 0 Å². The molecule has 1 aliphatic rings. The number of aromatic nitrogens is 2. The lowest BCUT2D eigenvalue weighted by molar-refractivity contribution is -0.634. The predicted octanol–water partition coefficient (Wildman–Crippen LogP) is 3.09. The van der Waals surface area contributed by atoms with Crippen LogP contribution < -0.4 is 33.3 Å². The Morgan fingerprint density at radius 1 is 1.29 bits per heavy atom. The molecule has 0 spiro atoms. The second-order valence-corrected chi connectivity index (χ2v) is 10.2. The number of halogens is 1. The minimum atomic E-state index is -0.253. The molecule has 0 N–H and O–H groups in total. The van der Waals surface area contributed by atoms with E-state index in [4.69, 9.17) is 21.4 Å². The van der Waals surface area contributed by atoms with E-state index in [9.17, 15) is 4.79 Å². The quantitative estimate of drug-likeness (QED) is 0.0732. The Morgan fingerprint density at radius 2 is 2.05 bits per heavy atom. The number of imidazole rings is 1. The minimum absolute atomic E-state index is 0. The Morgan fingerprint density at radius 3 is 2.76 bits per heavy atom. The fourth-order valence-electron chi connectivity index (χ4n) is 5.50. The lowest BCUT2D eigenvalue weighted by Gasteiger charge is -2.36. The molecule has 1 fully saturated rings. The number of rotatable bonds is 8. The summed E-state index contributed by atoms with van der Waals surface area (Å²) in [5.41, 5.74) is 12.1. The maximum atomic E-state index is 13.4. The van der Waals surface area contributed by atoms with Gasteiger partial charge in [-0.25, -0.2) is 13.9 Å². The van der Waals surface area contributed by atoms with Gasteiger partial charge in [-0.05, 0) is 66.5 Å².